The van der Waals surface area contributed by atoms with E-state index in [2.05, 4.69) is 4.98 Å². The molecular formula is C12H9FN2O2. The third-order valence-corrected chi connectivity index (χ3v) is 2.05. The van der Waals surface area contributed by atoms with Crippen molar-refractivity contribution in [2.24, 2.45) is 5.73 Å². The number of carbonyl (C=O) groups excluding carboxylic acids is 1. The van der Waals surface area contributed by atoms with Crippen LogP contribution in [-0.2, 0) is 0 Å². The van der Waals surface area contributed by atoms with Crippen LogP contribution in [0.25, 0.3) is 0 Å². The van der Waals surface area contributed by atoms with Crippen molar-refractivity contribution in [2.45, 2.75) is 0 Å². The second kappa shape index (κ2) is 4.61. The van der Waals surface area contributed by atoms with Crippen LogP contribution in [0.3, 0.4) is 0 Å². The number of pyridine rings is 1. The Morgan fingerprint density at radius 2 is 1.88 bits per heavy atom. The van der Waals surface area contributed by atoms with Crippen molar-refractivity contribution < 1.29 is 13.9 Å². The van der Waals surface area contributed by atoms with E-state index < -0.39 is 11.9 Å². The highest BCUT2D eigenvalue weighted by molar-refractivity contribution is 5.95. The summed E-state index contributed by atoms with van der Waals surface area (Å²) in [5.74, 6) is -1.14. The molecule has 1 amide bonds. The highest BCUT2D eigenvalue weighted by Gasteiger charge is 2.12. The number of nitrogens with two attached hydrogens (primary N) is 1. The van der Waals surface area contributed by atoms with Crippen molar-refractivity contribution in [3.63, 3.8) is 0 Å². The quantitative estimate of drug-likeness (QED) is 0.824. The standard InChI is InChI=1S/C12H9FN2O2/c13-10-7-6-9(11(14)16)12(15-10)17-8-4-2-1-3-5-8/h1-7H,(H2,14,16). The number of rotatable bonds is 3. The van der Waals surface area contributed by atoms with Crippen LogP contribution in [0.15, 0.2) is 42.5 Å². The molecular weight excluding hydrogens is 223 g/mol. The van der Waals surface area contributed by atoms with Crippen LogP contribution in [0.1, 0.15) is 10.4 Å². The average Bonchev–Trinajstić information content (AvgIpc) is 2.30. The van der Waals surface area contributed by atoms with Crippen molar-refractivity contribution in [3.8, 4) is 11.6 Å². The number of nitrogens with zero attached hydrogens (tertiary/aromatic N) is 1. The molecule has 2 aromatic rings. The molecule has 1 aromatic heterocycles. The first-order chi connectivity index (χ1) is 8.16. The number of para-hydroxylation sites is 1. The van der Waals surface area contributed by atoms with Gasteiger partial charge in [-0.05, 0) is 24.3 Å². The molecule has 1 heterocycles. The minimum Gasteiger partial charge on any atom is -0.438 e. The molecule has 0 atom stereocenters. The van der Waals surface area contributed by atoms with E-state index in [-0.39, 0.29) is 11.4 Å². The van der Waals surface area contributed by atoms with Gasteiger partial charge in [-0.3, -0.25) is 4.79 Å². The van der Waals surface area contributed by atoms with Gasteiger partial charge in [0.1, 0.15) is 11.3 Å². The van der Waals surface area contributed by atoms with E-state index in [1.54, 1.807) is 30.3 Å². The molecule has 0 saturated heterocycles. The second-order valence-electron chi connectivity index (χ2n) is 3.27. The van der Waals surface area contributed by atoms with Gasteiger partial charge in [0.15, 0.2) is 0 Å². The Morgan fingerprint density at radius 3 is 2.53 bits per heavy atom. The minimum absolute atomic E-state index is 0.0373. The molecule has 0 aliphatic heterocycles. The first-order valence-corrected chi connectivity index (χ1v) is 4.86. The number of halogens is 1. The van der Waals surface area contributed by atoms with Crippen LogP contribution >= 0.6 is 0 Å². The van der Waals surface area contributed by atoms with E-state index in [4.69, 9.17) is 10.5 Å². The van der Waals surface area contributed by atoms with Gasteiger partial charge in [-0.15, -0.1) is 0 Å². The smallest absolute Gasteiger partial charge is 0.254 e. The number of ether oxygens (including phenoxy) is 1. The summed E-state index contributed by atoms with van der Waals surface area (Å²) in [4.78, 5) is 14.6. The van der Waals surface area contributed by atoms with Gasteiger partial charge in [0.05, 0.1) is 0 Å². The lowest BCUT2D eigenvalue weighted by Crippen LogP contribution is -2.13. The summed E-state index contributed by atoms with van der Waals surface area (Å²) in [6.45, 7) is 0. The van der Waals surface area contributed by atoms with E-state index >= 15 is 0 Å². The first-order valence-electron chi connectivity index (χ1n) is 4.86. The fraction of sp³-hybridized carbons (Fsp3) is 0. The summed E-state index contributed by atoms with van der Waals surface area (Å²) < 4.78 is 18.3. The Balaban J connectivity index is 2.37. The van der Waals surface area contributed by atoms with Gasteiger partial charge in [0.25, 0.3) is 5.91 Å². The number of carbonyl (C=O) groups is 1. The number of benzene rings is 1. The van der Waals surface area contributed by atoms with Gasteiger partial charge >= 0.3 is 0 Å². The number of hydrogen-bond donors (Lipinski definition) is 1. The molecule has 0 bridgehead atoms. The van der Waals surface area contributed by atoms with Crippen LogP contribution in [0.4, 0.5) is 4.39 Å². The van der Waals surface area contributed by atoms with Gasteiger partial charge in [-0.2, -0.15) is 9.37 Å². The number of aromatic nitrogens is 1. The number of hydrogen-bond acceptors (Lipinski definition) is 3. The normalized spacial score (nSPS) is 9.94. The second-order valence-corrected chi connectivity index (χ2v) is 3.27. The Labute approximate surface area is 96.9 Å². The Bertz CT molecular complexity index is 543. The predicted molar refractivity (Wildman–Crippen MR) is 59.2 cm³/mol. The monoisotopic (exact) mass is 232 g/mol. The van der Waals surface area contributed by atoms with Gasteiger partial charge in [0, 0.05) is 0 Å². The largest absolute Gasteiger partial charge is 0.438 e. The van der Waals surface area contributed by atoms with Crippen molar-refractivity contribution in [2.75, 3.05) is 0 Å². The van der Waals surface area contributed by atoms with E-state index in [9.17, 15) is 9.18 Å². The average molecular weight is 232 g/mol. The van der Waals surface area contributed by atoms with E-state index in [1.807, 2.05) is 0 Å². The summed E-state index contributed by atoms with van der Waals surface area (Å²) >= 11 is 0. The molecule has 86 valence electrons. The van der Waals surface area contributed by atoms with E-state index in [1.165, 1.54) is 6.07 Å². The van der Waals surface area contributed by atoms with E-state index in [0.717, 1.165) is 6.07 Å². The van der Waals surface area contributed by atoms with Crippen molar-refractivity contribution in [1.29, 1.82) is 0 Å². The molecule has 0 aliphatic rings. The maximum Gasteiger partial charge on any atom is 0.254 e. The molecule has 0 radical (unpaired) electrons. The third-order valence-electron chi connectivity index (χ3n) is 2.05. The molecule has 0 fully saturated rings. The maximum absolute atomic E-state index is 13.0. The highest BCUT2D eigenvalue weighted by Crippen LogP contribution is 2.22. The maximum atomic E-state index is 13.0. The zero-order valence-electron chi connectivity index (χ0n) is 8.76. The topological polar surface area (TPSA) is 65.2 Å². The Morgan fingerprint density at radius 1 is 1.18 bits per heavy atom. The zero-order chi connectivity index (χ0) is 12.3. The highest BCUT2D eigenvalue weighted by atomic mass is 19.1. The lowest BCUT2D eigenvalue weighted by molar-refractivity contribution is 0.0997. The zero-order valence-corrected chi connectivity index (χ0v) is 8.76. The van der Waals surface area contributed by atoms with Crippen molar-refractivity contribution in [3.05, 3.63) is 54.0 Å². The Hall–Kier alpha value is -2.43. The van der Waals surface area contributed by atoms with Gasteiger partial charge < -0.3 is 10.5 Å². The predicted octanol–water partition coefficient (Wildman–Crippen LogP) is 2.11. The first kappa shape index (κ1) is 11.1. The summed E-state index contributed by atoms with van der Waals surface area (Å²) in [6, 6.07) is 10.9. The van der Waals surface area contributed by atoms with Crippen molar-refractivity contribution >= 4 is 5.91 Å². The summed E-state index contributed by atoms with van der Waals surface area (Å²) in [5, 5.41) is 0. The molecule has 0 aliphatic carbocycles. The van der Waals surface area contributed by atoms with Crippen LogP contribution in [0, 0.1) is 5.95 Å². The lowest BCUT2D eigenvalue weighted by Gasteiger charge is -2.07. The minimum atomic E-state index is -0.735. The third kappa shape index (κ3) is 2.57. The molecule has 2 N–H and O–H groups in total. The fourth-order valence-corrected chi connectivity index (χ4v) is 1.28. The molecule has 0 spiro atoms. The molecule has 5 heteroatoms. The molecule has 0 saturated carbocycles. The molecule has 2 rings (SSSR count). The molecule has 1 aromatic carbocycles. The van der Waals surface area contributed by atoms with Crippen molar-refractivity contribution in [1.82, 2.24) is 4.98 Å². The summed E-state index contributed by atoms with van der Waals surface area (Å²) in [7, 11) is 0. The SMILES string of the molecule is NC(=O)c1ccc(F)nc1Oc1ccccc1. The molecule has 17 heavy (non-hydrogen) atoms. The van der Waals surface area contributed by atoms with Crippen LogP contribution < -0.4 is 10.5 Å². The van der Waals surface area contributed by atoms with E-state index in [0.29, 0.717) is 5.75 Å². The Kier molecular flexibility index (Phi) is 3.00. The van der Waals surface area contributed by atoms with Gasteiger partial charge in [-0.25, -0.2) is 0 Å². The number of amides is 1. The molecule has 0 unspecified atom stereocenters. The van der Waals surface area contributed by atoms with Crippen LogP contribution in [-0.4, -0.2) is 10.9 Å². The lowest BCUT2D eigenvalue weighted by atomic mass is 10.2. The summed E-state index contributed by atoms with van der Waals surface area (Å²) in [6.07, 6.45) is 0. The molecule has 4 nitrogen and oxygen atoms in total. The van der Waals surface area contributed by atoms with Crippen LogP contribution in [0.5, 0.6) is 11.6 Å². The van der Waals surface area contributed by atoms with Gasteiger partial charge in [-0.1, -0.05) is 18.2 Å². The fourth-order valence-electron chi connectivity index (χ4n) is 1.28. The van der Waals surface area contributed by atoms with Gasteiger partial charge in [0.2, 0.25) is 11.8 Å². The van der Waals surface area contributed by atoms with Crippen LogP contribution in [0.2, 0.25) is 0 Å². The summed E-state index contributed by atoms with van der Waals surface area (Å²) in [5.41, 5.74) is 5.17. The number of primary amides is 1.